The second-order valence-electron chi connectivity index (χ2n) is 9.42. The fourth-order valence-corrected chi connectivity index (χ4v) is 6.61. The number of hydrogen-bond donors (Lipinski definition) is 2. The van der Waals surface area contributed by atoms with Crippen molar-refractivity contribution >= 4 is 40.8 Å². The highest BCUT2D eigenvalue weighted by molar-refractivity contribution is 6.31. The van der Waals surface area contributed by atoms with Crippen LogP contribution in [0, 0.1) is 11.7 Å². The molecular weight excluding hydrogens is 518 g/mol. The van der Waals surface area contributed by atoms with E-state index >= 15 is 4.39 Å². The van der Waals surface area contributed by atoms with Gasteiger partial charge in [0.2, 0.25) is 5.91 Å². The summed E-state index contributed by atoms with van der Waals surface area (Å²) in [6.45, 7) is 3.05. The molecule has 4 atom stereocenters. The van der Waals surface area contributed by atoms with Gasteiger partial charge in [0.1, 0.15) is 28.1 Å². The first-order valence-corrected chi connectivity index (χ1v) is 12.8. The topological polar surface area (TPSA) is 83.6 Å². The van der Waals surface area contributed by atoms with E-state index in [-0.39, 0.29) is 33.6 Å². The third-order valence-electron chi connectivity index (χ3n) is 7.59. The minimum Gasteiger partial charge on any atom is -0.494 e. The number of pyridine rings is 1. The van der Waals surface area contributed by atoms with Gasteiger partial charge in [0, 0.05) is 30.6 Å². The number of amides is 2. The molecule has 0 aliphatic carbocycles. The van der Waals surface area contributed by atoms with Gasteiger partial charge in [0.15, 0.2) is 0 Å². The Balaban J connectivity index is 1.60. The van der Waals surface area contributed by atoms with Crippen molar-refractivity contribution in [2.45, 2.75) is 31.0 Å². The molecule has 2 fully saturated rings. The summed E-state index contributed by atoms with van der Waals surface area (Å²) in [7, 11) is 0. The third kappa shape index (κ3) is 3.54. The van der Waals surface area contributed by atoms with E-state index < -0.39 is 23.2 Å². The first-order valence-electron chi connectivity index (χ1n) is 12.0. The van der Waals surface area contributed by atoms with Crippen LogP contribution < -0.4 is 15.4 Å². The van der Waals surface area contributed by atoms with E-state index in [2.05, 4.69) is 15.6 Å². The first-order chi connectivity index (χ1) is 17.9. The summed E-state index contributed by atoms with van der Waals surface area (Å²) < 4.78 is 21.4. The van der Waals surface area contributed by atoms with E-state index in [1.54, 1.807) is 24.3 Å². The summed E-state index contributed by atoms with van der Waals surface area (Å²) in [5.41, 5.74) is 0.226. The summed E-state index contributed by atoms with van der Waals surface area (Å²) in [5, 5.41) is 5.94. The lowest BCUT2D eigenvalue weighted by Crippen LogP contribution is -2.53. The molecular formula is C27H23Cl2FN4O3. The number of likely N-dealkylation sites (tertiary alicyclic amines) is 1. The van der Waals surface area contributed by atoms with Gasteiger partial charge in [0.25, 0.3) is 5.91 Å². The Morgan fingerprint density at radius 1 is 1.16 bits per heavy atom. The smallest absolute Gasteiger partial charge is 0.251 e. The molecule has 7 nitrogen and oxygen atoms in total. The van der Waals surface area contributed by atoms with Gasteiger partial charge in [-0.3, -0.25) is 14.5 Å². The van der Waals surface area contributed by atoms with Crippen LogP contribution in [0.15, 0.2) is 54.6 Å². The molecule has 10 heteroatoms. The summed E-state index contributed by atoms with van der Waals surface area (Å²) in [4.78, 5) is 33.8. The lowest BCUT2D eigenvalue weighted by molar-refractivity contribution is -0.128. The molecule has 37 heavy (non-hydrogen) atoms. The number of nitrogens with zero attached hydrogens (tertiary/aromatic N) is 2. The lowest BCUT2D eigenvalue weighted by atomic mass is 9.71. The standard InChI is InChI=1S/C27H23Cl2FN4O3/c1-2-37-15-6-3-5-14(11-15)13-34-19-12-31-25(35)21(19)22(16-7-4-8-18(28)23(16)30)27(34)17-9-10-20(29)32-24(17)33-26(27)36/h3-11,19,21-22H,2,12-13H2,1H3,(H,31,35)(H,32,33,36)/t19?,21-,22+,27-/m1/s1. The van der Waals surface area contributed by atoms with Crippen molar-refractivity contribution in [1.82, 2.24) is 15.2 Å². The van der Waals surface area contributed by atoms with E-state index in [9.17, 15) is 9.59 Å². The number of carbonyl (C=O) groups excluding carboxylic acids is 2. The van der Waals surface area contributed by atoms with Crippen LogP contribution in [0.1, 0.15) is 29.5 Å². The number of hydrogen-bond acceptors (Lipinski definition) is 5. The fraction of sp³-hybridized carbons (Fsp3) is 0.296. The van der Waals surface area contributed by atoms with Crippen LogP contribution in [-0.4, -0.2) is 40.9 Å². The Morgan fingerprint density at radius 2 is 1.97 bits per heavy atom. The van der Waals surface area contributed by atoms with Crippen LogP contribution in [0.2, 0.25) is 10.2 Å². The largest absolute Gasteiger partial charge is 0.494 e. The molecule has 3 aliphatic rings. The lowest BCUT2D eigenvalue weighted by Gasteiger charge is -2.40. The zero-order valence-electron chi connectivity index (χ0n) is 19.8. The van der Waals surface area contributed by atoms with E-state index in [1.807, 2.05) is 36.1 Å². The molecule has 1 unspecified atom stereocenters. The Hall–Kier alpha value is -3.20. The zero-order chi connectivity index (χ0) is 25.9. The number of rotatable bonds is 5. The number of ether oxygens (including phenoxy) is 1. The average Bonchev–Trinajstić information content (AvgIpc) is 3.47. The third-order valence-corrected chi connectivity index (χ3v) is 8.10. The van der Waals surface area contributed by atoms with Crippen LogP contribution in [0.5, 0.6) is 5.75 Å². The van der Waals surface area contributed by atoms with Gasteiger partial charge in [-0.15, -0.1) is 0 Å². The Bertz CT molecular complexity index is 1440. The minimum absolute atomic E-state index is 0.0710. The summed E-state index contributed by atoms with van der Waals surface area (Å²) in [6.07, 6.45) is 0. The van der Waals surface area contributed by atoms with Crippen molar-refractivity contribution in [3.63, 3.8) is 0 Å². The molecule has 0 radical (unpaired) electrons. The van der Waals surface area contributed by atoms with Crippen molar-refractivity contribution in [2.24, 2.45) is 5.92 Å². The molecule has 1 spiro atoms. The van der Waals surface area contributed by atoms with Gasteiger partial charge in [0.05, 0.1) is 17.5 Å². The van der Waals surface area contributed by atoms with Crippen LogP contribution in [0.3, 0.4) is 0 Å². The summed E-state index contributed by atoms with van der Waals surface area (Å²) in [6, 6.07) is 15.3. The predicted octanol–water partition coefficient (Wildman–Crippen LogP) is 4.49. The van der Waals surface area contributed by atoms with Crippen molar-refractivity contribution in [3.05, 3.63) is 87.3 Å². The van der Waals surface area contributed by atoms with Crippen LogP contribution in [0.4, 0.5) is 10.2 Å². The molecule has 1 aromatic heterocycles. The predicted molar refractivity (Wildman–Crippen MR) is 137 cm³/mol. The van der Waals surface area contributed by atoms with Gasteiger partial charge < -0.3 is 15.4 Å². The number of anilines is 1. The molecule has 6 rings (SSSR count). The second kappa shape index (κ2) is 8.97. The molecule has 3 aliphatic heterocycles. The highest BCUT2D eigenvalue weighted by atomic mass is 35.5. The minimum atomic E-state index is -1.42. The zero-order valence-corrected chi connectivity index (χ0v) is 21.3. The average molecular weight is 541 g/mol. The number of carbonyl (C=O) groups is 2. The summed E-state index contributed by atoms with van der Waals surface area (Å²) >= 11 is 12.4. The van der Waals surface area contributed by atoms with Crippen molar-refractivity contribution in [3.8, 4) is 5.75 Å². The molecule has 0 bridgehead atoms. The maximum Gasteiger partial charge on any atom is 0.251 e. The van der Waals surface area contributed by atoms with Gasteiger partial charge in [-0.2, -0.15) is 0 Å². The first kappa shape index (κ1) is 24.2. The second-order valence-corrected chi connectivity index (χ2v) is 10.2. The summed E-state index contributed by atoms with van der Waals surface area (Å²) in [5.74, 6) is -1.82. The molecule has 2 N–H and O–H groups in total. The van der Waals surface area contributed by atoms with Crippen LogP contribution in [0.25, 0.3) is 0 Å². The number of nitrogens with one attached hydrogen (secondary N) is 2. The Labute approximate surface area is 222 Å². The quantitative estimate of drug-likeness (QED) is 0.466. The molecule has 2 saturated heterocycles. The normalized spacial score (nSPS) is 26.2. The molecule has 4 heterocycles. The van der Waals surface area contributed by atoms with Crippen LogP contribution >= 0.6 is 23.2 Å². The monoisotopic (exact) mass is 540 g/mol. The maximum absolute atomic E-state index is 15.7. The van der Waals surface area contributed by atoms with Gasteiger partial charge >= 0.3 is 0 Å². The molecule has 2 amide bonds. The Morgan fingerprint density at radius 3 is 2.78 bits per heavy atom. The number of halogens is 3. The van der Waals surface area contributed by atoms with E-state index in [0.29, 0.717) is 36.8 Å². The van der Waals surface area contributed by atoms with Crippen molar-refractivity contribution in [1.29, 1.82) is 0 Å². The van der Waals surface area contributed by atoms with Gasteiger partial charge in [-0.05, 0) is 48.4 Å². The van der Waals surface area contributed by atoms with E-state index in [1.165, 1.54) is 6.07 Å². The fourth-order valence-electron chi connectivity index (χ4n) is 6.28. The Kier molecular flexibility index (Phi) is 5.86. The van der Waals surface area contributed by atoms with Gasteiger partial charge in [-0.25, -0.2) is 9.37 Å². The van der Waals surface area contributed by atoms with Crippen LogP contribution in [-0.2, 0) is 21.7 Å². The van der Waals surface area contributed by atoms with Crippen molar-refractivity contribution in [2.75, 3.05) is 18.5 Å². The van der Waals surface area contributed by atoms with Crippen molar-refractivity contribution < 1.29 is 18.7 Å². The molecule has 2 aromatic carbocycles. The number of aromatic nitrogens is 1. The highest BCUT2D eigenvalue weighted by Gasteiger charge is 2.70. The van der Waals surface area contributed by atoms with E-state index in [0.717, 1.165) is 5.56 Å². The molecule has 0 saturated carbocycles. The maximum atomic E-state index is 15.7. The van der Waals surface area contributed by atoms with E-state index in [4.69, 9.17) is 27.9 Å². The SMILES string of the molecule is CCOc1cccc(CN2C3CNC(=O)[C@H]3[C@H](c3cccc(Cl)c3F)[C@]23C(=O)Nc2nc(Cl)ccc23)c1. The number of benzene rings is 2. The number of fused-ring (bicyclic) bond motifs is 3. The molecule has 190 valence electrons. The highest BCUT2D eigenvalue weighted by Crippen LogP contribution is 2.60. The van der Waals surface area contributed by atoms with Gasteiger partial charge in [-0.1, -0.05) is 47.5 Å². The molecule has 3 aromatic rings.